The smallest absolute Gasteiger partial charge is 0.274 e. The molecular weight excluding hydrogens is 502 g/mol. The molecule has 0 unspecified atom stereocenters. The third-order valence-corrected chi connectivity index (χ3v) is 6.64. The number of hydrogen-bond donors (Lipinski definition) is 5. The summed E-state index contributed by atoms with van der Waals surface area (Å²) in [6.07, 6.45) is 0.529. The minimum atomic E-state index is -0.532. The van der Waals surface area contributed by atoms with E-state index in [9.17, 15) is 19.5 Å². The standard InChI is InChI=1S/C27H29N7O5/c1-28-24(36)19-4-2-3-5-21(19)30-26(38)22-20-8-9-29-23(20)32-27(31-22)33-25(37)18-7-6-17(14-16(18)15-35)34-10-12-39-13-11-34/h2-7,14,35H,8-13,15H2,1H3,(H,28,36)(H,30,38)(H2,29,31,32,33,37). The van der Waals surface area contributed by atoms with Crippen molar-refractivity contribution >= 4 is 40.9 Å². The van der Waals surface area contributed by atoms with Crippen molar-refractivity contribution in [1.82, 2.24) is 15.3 Å². The van der Waals surface area contributed by atoms with Gasteiger partial charge in [-0.05, 0) is 42.3 Å². The van der Waals surface area contributed by atoms with Crippen LogP contribution in [0.2, 0.25) is 0 Å². The zero-order valence-electron chi connectivity index (χ0n) is 21.4. The average molecular weight is 532 g/mol. The van der Waals surface area contributed by atoms with E-state index >= 15 is 0 Å². The highest BCUT2D eigenvalue weighted by Crippen LogP contribution is 2.27. The molecule has 3 heterocycles. The Morgan fingerprint density at radius 3 is 2.56 bits per heavy atom. The molecule has 1 fully saturated rings. The van der Waals surface area contributed by atoms with Crippen LogP contribution >= 0.6 is 0 Å². The summed E-state index contributed by atoms with van der Waals surface area (Å²) in [6, 6.07) is 11.9. The molecule has 1 aromatic heterocycles. The first-order valence-corrected chi connectivity index (χ1v) is 12.6. The Morgan fingerprint density at radius 2 is 1.79 bits per heavy atom. The number of hydrogen-bond acceptors (Lipinski definition) is 9. The molecular formula is C27H29N7O5. The fourth-order valence-corrected chi connectivity index (χ4v) is 4.64. The maximum atomic E-state index is 13.3. The van der Waals surface area contributed by atoms with Crippen molar-refractivity contribution in [2.24, 2.45) is 0 Å². The highest BCUT2D eigenvalue weighted by Gasteiger charge is 2.26. The summed E-state index contributed by atoms with van der Waals surface area (Å²) in [6.45, 7) is 2.93. The fraction of sp³-hybridized carbons (Fsp3) is 0.296. The first-order valence-electron chi connectivity index (χ1n) is 12.6. The van der Waals surface area contributed by atoms with Crippen molar-refractivity contribution in [3.8, 4) is 0 Å². The molecule has 12 nitrogen and oxygen atoms in total. The van der Waals surface area contributed by atoms with Crippen LogP contribution in [0.4, 0.5) is 23.1 Å². The first kappa shape index (κ1) is 26.1. The average Bonchev–Trinajstić information content (AvgIpc) is 3.45. The normalized spacial score (nSPS) is 14.3. The van der Waals surface area contributed by atoms with E-state index in [2.05, 4.69) is 36.1 Å². The number of para-hydroxylation sites is 1. The number of rotatable bonds is 7. The molecule has 2 aliphatic heterocycles. The molecule has 0 bridgehead atoms. The van der Waals surface area contributed by atoms with Crippen LogP contribution in [0.5, 0.6) is 0 Å². The van der Waals surface area contributed by atoms with Gasteiger partial charge in [-0.2, -0.15) is 4.98 Å². The number of anilines is 4. The van der Waals surface area contributed by atoms with E-state index in [1.165, 1.54) is 7.05 Å². The van der Waals surface area contributed by atoms with E-state index < -0.39 is 11.8 Å². The summed E-state index contributed by atoms with van der Waals surface area (Å²) < 4.78 is 5.40. The van der Waals surface area contributed by atoms with Gasteiger partial charge in [0.2, 0.25) is 5.95 Å². The summed E-state index contributed by atoms with van der Waals surface area (Å²) in [4.78, 5) is 49.6. The summed E-state index contributed by atoms with van der Waals surface area (Å²) in [7, 11) is 1.51. The Kier molecular flexibility index (Phi) is 7.66. The lowest BCUT2D eigenvalue weighted by Crippen LogP contribution is -2.36. The number of ether oxygens (including phenoxy) is 1. The number of nitrogens with one attached hydrogen (secondary N) is 4. The SMILES string of the molecule is CNC(=O)c1ccccc1NC(=O)c1nc(NC(=O)c2ccc(N3CCOCC3)cc2CO)nc2c1CCN2. The highest BCUT2D eigenvalue weighted by molar-refractivity contribution is 6.10. The molecule has 3 aromatic rings. The third-order valence-electron chi connectivity index (χ3n) is 6.64. The predicted octanol–water partition coefficient (Wildman–Crippen LogP) is 1.64. The van der Waals surface area contributed by atoms with Gasteiger partial charge in [0, 0.05) is 43.5 Å². The van der Waals surface area contributed by atoms with Gasteiger partial charge in [0.15, 0.2) is 0 Å². The van der Waals surface area contributed by atoms with Gasteiger partial charge in [-0.1, -0.05) is 12.1 Å². The second-order valence-corrected chi connectivity index (χ2v) is 9.03. The largest absolute Gasteiger partial charge is 0.392 e. The van der Waals surface area contributed by atoms with Crippen molar-refractivity contribution in [1.29, 1.82) is 0 Å². The molecule has 202 valence electrons. The summed E-state index contributed by atoms with van der Waals surface area (Å²) in [5.74, 6) is -0.987. The zero-order chi connectivity index (χ0) is 27.4. The van der Waals surface area contributed by atoms with E-state index in [0.29, 0.717) is 54.4 Å². The van der Waals surface area contributed by atoms with Crippen LogP contribution in [0.15, 0.2) is 42.5 Å². The molecule has 0 atom stereocenters. The number of nitrogens with zero attached hydrogens (tertiary/aromatic N) is 3. The van der Waals surface area contributed by atoms with Crippen molar-refractivity contribution in [3.05, 3.63) is 70.4 Å². The number of carbonyl (C=O) groups excluding carboxylic acids is 3. The maximum Gasteiger partial charge on any atom is 0.274 e. The Hall–Kier alpha value is -4.55. The van der Waals surface area contributed by atoms with Gasteiger partial charge in [-0.3, -0.25) is 19.7 Å². The van der Waals surface area contributed by atoms with Crippen LogP contribution in [0, 0.1) is 0 Å². The number of carbonyl (C=O) groups is 3. The van der Waals surface area contributed by atoms with E-state index in [4.69, 9.17) is 4.74 Å². The quantitative estimate of drug-likeness (QED) is 0.306. The number of fused-ring (bicyclic) bond motifs is 1. The third kappa shape index (κ3) is 5.52. The van der Waals surface area contributed by atoms with Crippen molar-refractivity contribution in [2.75, 3.05) is 60.7 Å². The van der Waals surface area contributed by atoms with Gasteiger partial charge in [-0.15, -0.1) is 0 Å². The Bertz CT molecular complexity index is 1420. The molecule has 0 radical (unpaired) electrons. The lowest BCUT2D eigenvalue weighted by atomic mass is 10.1. The van der Waals surface area contributed by atoms with E-state index in [0.717, 1.165) is 18.8 Å². The predicted molar refractivity (Wildman–Crippen MR) is 145 cm³/mol. The van der Waals surface area contributed by atoms with E-state index in [1.54, 1.807) is 36.4 Å². The van der Waals surface area contributed by atoms with Crippen LogP contribution in [-0.2, 0) is 17.8 Å². The van der Waals surface area contributed by atoms with Crippen LogP contribution in [-0.4, -0.2) is 72.7 Å². The molecule has 2 aromatic carbocycles. The van der Waals surface area contributed by atoms with Crippen molar-refractivity contribution in [3.63, 3.8) is 0 Å². The molecule has 1 saturated heterocycles. The van der Waals surface area contributed by atoms with Crippen molar-refractivity contribution < 1.29 is 24.2 Å². The first-order chi connectivity index (χ1) is 19.0. The maximum absolute atomic E-state index is 13.3. The molecule has 5 N–H and O–H groups in total. The van der Waals surface area contributed by atoms with Gasteiger partial charge >= 0.3 is 0 Å². The number of benzene rings is 2. The second-order valence-electron chi connectivity index (χ2n) is 9.03. The number of aromatic nitrogens is 2. The molecule has 0 saturated carbocycles. The topological polar surface area (TPSA) is 158 Å². The lowest BCUT2D eigenvalue weighted by Gasteiger charge is -2.29. The van der Waals surface area contributed by atoms with Gasteiger partial charge in [0.05, 0.1) is 31.1 Å². The van der Waals surface area contributed by atoms with Crippen LogP contribution < -0.4 is 26.2 Å². The summed E-state index contributed by atoms with van der Waals surface area (Å²) >= 11 is 0. The minimum absolute atomic E-state index is 0.0565. The van der Waals surface area contributed by atoms with Gasteiger partial charge < -0.3 is 30.7 Å². The van der Waals surface area contributed by atoms with Gasteiger partial charge in [-0.25, -0.2) is 4.98 Å². The zero-order valence-corrected chi connectivity index (χ0v) is 21.4. The van der Waals surface area contributed by atoms with Crippen molar-refractivity contribution in [2.45, 2.75) is 13.0 Å². The summed E-state index contributed by atoms with van der Waals surface area (Å²) in [5.41, 5.74) is 2.98. The monoisotopic (exact) mass is 531 g/mol. The molecule has 2 aliphatic rings. The molecule has 12 heteroatoms. The van der Waals surface area contributed by atoms with E-state index in [1.807, 2.05) is 6.07 Å². The molecule has 39 heavy (non-hydrogen) atoms. The number of amides is 3. The van der Waals surface area contributed by atoms with Gasteiger partial charge in [0.25, 0.3) is 17.7 Å². The molecule has 3 amide bonds. The number of aliphatic hydroxyl groups is 1. The Labute approximate surface area is 224 Å². The Balaban J connectivity index is 1.39. The minimum Gasteiger partial charge on any atom is -0.392 e. The fourth-order valence-electron chi connectivity index (χ4n) is 4.64. The van der Waals surface area contributed by atoms with Crippen LogP contribution in [0.1, 0.15) is 42.3 Å². The number of morpholine rings is 1. The molecule has 0 spiro atoms. The van der Waals surface area contributed by atoms with Crippen LogP contribution in [0.3, 0.4) is 0 Å². The number of aliphatic hydroxyl groups excluding tert-OH is 1. The molecule has 5 rings (SSSR count). The second kappa shape index (κ2) is 11.5. The summed E-state index contributed by atoms with van der Waals surface area (Å²) in [5, 5.41) is 21.1. The molecule has 0 aliphatic carbocycles. The van der Waals surface area contributed by atoms with Crippen LogP contribution in [0.25, 0.3) is 0 Å². The Morgan fingerprint density at radius 1 is 1.00 bits per heavy atom. The van der Waals surface area contributed by atoms with E-state index in [-0.39, 0.29) is 29.7 Å². The van der Waals surface area contributed by atoms with Gasteiger partial charge in [0.1, 0.15) is 11.5 Å². The highest BCUT2D eigenvalue weighted by atomic mass is 16.5. The lowest BCUT2D eigenvalue weighted by molar-refractivity contribution is 0.0962.